The third-order valence-electron chi connectivity index (χ3n) is 5.88. The number of rotatable bonds is 6. The molecule has 0 bridgehead atoms. The van der Waals surface area contributed by atoms with E-state index in [2.05, 4.69) is 62.3 Å². The van der Waals surface area contributed by atoms with Crippen LogP contribution in [0.25, 0.3) is 0 Å². The van der Waals surface area contributed by atoms with Gasteiger partial charge in [0.05, 0.1) is 0 Å². The third-order valence-corrected chi connectivity index (χ3v) is 8.76. The Kier molecular flexibility index (Phi) is 24.0. The van der Waals surface area contributed by atoms with Crippen molar-refractivity contribution in [2.45, 2.75) is 83.1 Å². The molecular weight excluding hydrogens is 593 g/mol. The first kappa shape index (κ1) is 40.3. The minimum atomic E-state index is -2.27. The van der Waals surface area contributed by atoms with Gasteiger partial charge in [-0.3, -0.25) is 13.7 Å². The van der Waals surface area contributed by atoms with E-state index in [0.717, 1.165) is 0 Å². The van der Waals surface area contributed by atoms with E-state index in [1.165, 1.54) is 0 Å². The molecule has 0 rings (SSSR count). The smallest absolute Gasteiger partial charge is 0.189 e. The summed E-state index contributed by atoms with van der Waals surface area (Å²) in [5.41, 5.74) is 0.467. The van der Waals surface area contributed by atoms with E-state index in [1.807, 2.05) is 20.8 Å². The normalized spacial score (nSPS) is 17.9. The summed E-state index contributed by atoms with van der Waals surface area (Å²) in [6.07, 6.45) is 1.36. The minimum Gasteiger partial charge on any atom is -0.346 e. The molecule has 1 radical (unpaired) electrons. The van der Waals surface area contributed by atoms with Crippen molar-refractivity contribution in [3.05, 3.63) is 0 Å². The Labute approximate surface area is 235 Å². The van der Waals surface area contributed by atoms with Crippen LogP contribution in [0.3, 0.4) is 0 Å². The maximum Gasteiger partial charge on any atom is 0.189 e. The molecule has 0 aromatic heterocycles. The van der Waals surface area contributed by atoms with Gasteiger partial charge in [-0.15, -0.1) is 0 Å². The number of hydrogen-bond acceptors (Lipinski definition) is 3. The van der Waals surface area contributed by atoms with Crippen LogP contribution in [0.5, 0.6) is 0 Å². The van der Waals surface area contributed by atoms with Crippen molar-refractivity contribution in [1.82, 2.24) is 0 Å². The van der Waals surface area contributed by atoms with Crippen molar-refractivity contribution in [3.8, 4) is 0 Å². The molecule has 6 unspecified atom stereocenters. The van der Waals surface area contributed by atoms with Gasteiger partial charge in [-0.1, -0.05) is 83.1 Å². The first-order valence-corrected chi connectivity index (χ1v) is 15.4. The molecule has 0 aliphatic heterocycles. The van der Waals surface area contributed by atoms with Gasteiger partial charge < -0.3 is 14.7 Å². The van der Waals surface area contributed by atoms with Crippen molar-refractivity contribution >= 4 is 24.1 Å². The summed E-state index contributed by atoms with van der Waals surface area (Å²) in [5, 5.41) is 0. The molecule has 0 saturated carbocycles. The molecule has 0 spiro atoms. The Bertz CT molecular complexity index is 461. The van der Waals surface area contributed by atoms with E-state index < -0.39 is 24.1 Å². The summed E-state index contributed by atoms with van der Waals surface area (Å²) in [7, 11) is -6.80. The molecule has 0 heterocycles. The summed E-state index contributed by atoms with van der Waals surface area (Å²) in [5.74, 6) is 0.969. The van der Waals surface area contributed by atoms with Crippen LogP contribution in [0, 0.1) is 83.4 Å². The van der Waals surface area contributed by atoms with Crippen LogP contribution in [-0.4, -0.2) is 33.2 Å². The molecule has 6 nitrogen and oxygen atoms in total. The fourth-order valence-corrected chi connectivity index (χ4v) is 5.11. The van der Waals surface area contributed by atoms with E-state index in [4.69, 9.17) is 14.7 Å². The van der Waals surface area contributed by atoms with Crippen LogP contribution in [0.15, 0.2) is 0 Å². The van der Waals surface area contributed by atoms with Crippen molar-refractivity contribution in [3.63, 3.8) is 0 Å². The second-order valence-electron chi connectivity index (χ2n) is 11.6. The van der Waals surface area contributed by atoms with E-state index in [-0.39, 0.29) is 65.6 Å². The second kappa shape index (κ2) is 18.4. The zero-order valence-corrected chi connectivity index (χ0v) is 27.2. The van der Waals surface area contributed by atoms with Gasteiger partial charge in [0.25, 0.3) is 0 Å². The van der Waals surface area contributed by atoms with Gasteiger partial charge in [-0.25, -0.2) is 0 Å². The Morgan fingerprint density at radius 3 is 0.677 bits per heavy atom. The van der Waals surface area contributed by atoms with Crippen LogP contribution in [0.4, 0.5) is 0 Å². The molecule has 6 atom stereocenters. The predicted octanol–water partition coefficient (Wildman–Crippen LogP) is 6.41. The van der Waals surface area contributed by atoms with Crippen LogP contribution >= 0.6 is 24.1 Å². The summed E-state index contributed by atoms with van der Waals surface area (Å²) in [4.78, 5) is 25.9. The fourth-order valence-electron chi connectivity index (χ4n) is 1.70. The zero-order chi connectivity index (χ0) is 25.1. The average molecular weight is 645 g/mol. The van der Waals surface area contributed by atoms with Gasteiger partial charge in [-0.2, -0.15) is 0 Å². The van der Waals surface area contributed by atoms with E-state index in [1.54, 1.807) is 0 Å². The topological polar surface area (TPSA) is 112 Å². The Balaban J connectivity index is -0.000000174. The van der Waals surface area contributed by atoms with Gasteiger partial charge in [0.2, 0.25) is 0 Å². The van der Waals surface area contributed by atoms with Gasteiger partial charge in [0, 0.05) is 67.9 Å². The minimum absolute atomic E-state index is 0. The molecule has 0 amide bonds. The van der Waals surface area contributed by atoms with Crippen LogP contribution in [0.1, 0.15) is 83.1 Å². The molecule has 0 fully saturated rings. The molecular formula is C21H51EuO6P3. The first-order chi connectivity index (χ1) is 13.0. The Morgan fingerprint density at radius 2 is 0.645 bits per heavy atom. The fraction of sp³-hybridized carbons (Fsp3) is 1.00. The monoisotopic (exact) mass is 645 g/mol. The van der Waals surface area contributed by atoms with Crippen molar-refractivity contribution in [2.24, 2.45) is 34.0 Å². The van der Waals surface area contributed by atoms with Crippen molar-refractivity contribution in [1.29, 1.82) is 0 Å². The molecule has 0 aromatic carbocycles. The SMILES string of the molecule is CC(C[PH](=O)O)C(C)(C)C.CC(C[PH](=O)O)C(C)(C)C.CC(C[PH](=O)O)C(C)(C)C.[Eu]. The molecule has 0 aliphatic carbocycles. The van der Waals surface area contributed by atoms with E-state index in [9.17, 15) is 13.7 Å². The van der Waals surface area contributed by atoms with Crippen LogP contribution < -0.4 is 0 Å². The molecule has 193 valence electrons. The van der Waals surface area contributed by atoms with Crippen LogP contribution in [0.2, 0.25) is 0 Å². The molecule has 0 saturated heterocycles. The summed E-state index contributed by atoms with van der Waals surface area (Å²) < 4.78 is 31.3. The molecule has 0 aromatic rings. The first-order valence-electron chi connectivity index (χ1n) is 10.7. The Morgan fingerprint density at radius 1 is 0.516 bits per heavy atom. The second-order valence-corrected chi connectivity index (χ2v) is 15.2. The van der Waals surface area contributed by atoms with Gasteiger partial charge >= 0.3 is 0 Å². The largest absolute Gasteiger partial charge is 0.346 e. The van der Waals surface area contributed by atoms with Crippen molar-refractivity contribution in [2.75, 3.05) is 18.5 Å². The molecule has 31 heavy (non-hydrogen) atoms. The maximum atomic E-state index is 10.4. The average Bonchev–Trinajstić information content (AvgIpc) is 2.43. The van der Waals surface area contributed by atoms with Crippen LogP contribution in [-0.2, 0) is 13.7 Å². The van der Waals surface area contributed by atoms with Gasteiger partial charge in [0.15, 0.2) is 24.1 Å². The molecule has 3 N–H and O–H groups in total. The van der Waals surface area contributed by atoms with E-state index >= 15 is 0 Å². The third kappa shape index (κ3) is 28.3. The summed E-state index contributed by atoms with van der Waals surface area (Å²) >= 11 is 0. The van der Waals surface area contributed by atoms with Gasteiger partial charge in [0.1, 0.15) is 0 Å². The molecule has 0 aliphatic rings. The predicted molar refractivity (Wildman–Crippen MR) is 134 cm³/mol. The summed E-state index contributed by atoms with van der Waals surface area (Å²) in [6, 6.07) is 0. The van der Waals surface area contributed by atoms with Gasteiger partial charge in [-0.05, 0) is 34.0 Å². The molecule has 10 heteroatoms. The standard InChI is InChI=1S/3C7H17O2P.Eu/c3*1-6(5-10(8)9)7(2,3)4;/h3*6,10H,5H2,1-4H3,(H,8,9);. The zero-order valence-electron chi connectivity index (χ0n) is 21.8. The Hall–Kier alpha value is 2.15. The maximum absolute atomic E-state index is 10.4. The van der Waals surface area contributed by atoms with Crippen molar-refractivity contribution < 1.29 is 77.8 Å². The quantitative estimate of drug-likeness (QED) is 0.289. The van der Waals surface area contributed by atoms with E-state index in [0.29, 0.717) is 36.2 Å². The number of hydrogen-bond donors (Lipinski definition) is 3. The summed E-state index contributed by atoms with van der Waals surface area (Å²) in [6.45, 7) is 24.8.